The maximum atomic E-state index is 11.1. The SMILES string of the molecule is COc1cc2c(C)c(=O)oc-2co1. The van der Waals surface area contributed by atoms with Crippen LogP contribution in [0.2, 0.25) is 0 Å². The van der Waals surface area contributed by atoms with Crippen LogP contribution in [0.4, 0.5) is 0 Å². The Balaban J connectivity index is 2.75. The van der Waals surface area contributed by atoms with Gasteiger partial charge < -0.3 is 13.6 Å². The highest BCUT2D eigenvalue weighted by Gasteiger charge is 2.15. The zero-order chi connectivity index (χ0) is 9.42. The molecule has 0 spiro atoms. The number of rotatable bonds is 1. The third kappa shape index (κ3) is 1.11. The van der Waals surface area contributed by atoms with Crippen molar-refractivity contribution in [1.29, 1.82) is 0 Å². The molecule has 0 aromatic carbocycles. The Hall–Kier alpha value is -1.71. The molecule has 2 aliphatic heterocycles. The molecular formula is C9H8O4. The third-order valence-electron chi connectivity index (χ3n) is 1.92. The lowest BCUT2D eigenvalue weighted by Gasteiger charge is -1.99. The van der Waals surface area contributed by atoms with E-state index in [1.54, 1.807) is 13.0 Å². The molecule has 13 heavy (non-hydrogen) atoms. The summed E-state index contributed by atoms with van der Waals surface area (Å²) >= 11 is 0. The van der Waals surface area contributed by atoms with Gasteiger partial charge in [-0.05, 0) is 6.92 Å². The molecule has 0 amide bonds. The molecule has 2 aliphatic rings. The van der Waals surface area contributed by atoms with Crippen LogP contribution in [0, 0.1) is 6.92 Å². The van der Waals surface area contributed by atoms with Gasteiger partial charge in [0.25, 0.3) is 5.95 Å². The molecule has 0 saturated carbocycles. The standard InChI is InChI=1S/C9H8O4/c1-5-6-3-8(11-2)12-4-7(6)13-9(5)10/h3-4H,1-2H3. The van der Waals surface area contributed by atoms with Crippen LogP contribution in [0.3, 0.4) is 0 Å². The first-order valence-electron chi connectivity index (χ1n) is 3.78. The fraction of sp³-hybridized carbons (Fsp3) is 0.222. The van der Waals surface area contributed by atoms with Crippen LogP contribution in [0.25, 0.3) is 11.3 Å². The van der Waals surface area contributed by atoms with Gasteiger partial charge in [0.2, 0.25) is 0 Å². The second kappa shape index (κ2) is 2.65. The first kappa shape index (κ1) is 7.91. The monoisotopic (exact) mass is 180 g/mol. The summed E-state index contributed by atoms with van der Waals surface area (Å²) in [6.45, 7) is 1.70. The summed E-state index contributed by atoms with van der Waals surface area (Å²) in [5.74, 6) is 0.805. The maximum absolute atomic E-state index is 11.1. The van der Waals surface area contributed by atoms with Gasteiger partial charge in [-0.1, -0.05) is 0 Å². The summed E-state index contributed by atoms with van der Waals surface area (Å²) in [6, 6.07) is 1.63. The van der Waals surface area contributed by atoms with Crippen molar-refractivity contribution in [2.45, 2.75) is 6.92 Å². The van der Waals surface area contributed by atoms with E-state index in [2.05, 4.69) is 0 Å². The van der Waals surface area contributed by atoms with E-state index in [9.17, 15) is 4.79 Å². The lowest BCUT2D eigenvalue weighted by molar-refractivity contribution is 0.294. The van der Waals surface area contributed by atoms with Gasteiger partial charge in [-0.15, -0.1) is 0 Å². The number of furan rings is 1. The van der Waals surface area contributed by atoms with E-state index in [1.807, 2.05) is 0 Å². The topological polar surface area (TPSA) is 52.6 Å². The Labute approximate surface area is 74.1 Å². The Morgan fingerprint density at radius 2 is 2.23 bits per heavy atom. The van der Waals surface area contributed by atoms with Gasteiger partial charge in [0.15, 0.2) is 5.76 Å². The molecule has 0 unspecified atom stereocenters. The highest BCUT2D eigenvalue weighted by atomic mass is 16.6. The van der Waals surface area contributed by atoms with Gasteiger partial charge in [0.1, 0.15) is 6.26 Å². The normalized spacial score (nSPS) is 10.6. The van der Waals surface area contributed by atoms with Gasteiger partial charge >= 0.3 is 5.63 Å². The van der Waals surface area contributed by atoms with Crippen LogP contribution in [0.15, 0.2) is 26.0 Å². The largest absolute Gasteiger partial charge is 0.468 e. The van der Waals surface area contributed by atoms with Crippen LogP contribution in [0.1, 0.15) is 5.56 Å². The summed E-state index contributed by atoms with van der Waals surface area (Å²) in [7, 11) is 1.50. The van der Waals surface area contributed by atoms with Gasteiger partial charge in [-0.2, -0.15) is 0 Å². The molecule has 0 aliphatic carbocycles. The van der Waals surface area contributed by atoms with E-state index in [0.29, 0.717) is 17.3 Å². The first-order chi connectivity index (χ1) is 6.22. The third-order valence-corrected chi connectivity index (χ3v) is 1.92. The minimum Gasteiger partial charge on any atom is -0.468 e. The van der Waals surface area contributed by atoms with E-state index >= 15 is 0 Å². The first-order valence-corrected chi connectivity index (χ1v) is 3.78. The molecular weight excluding hydrogens is 172 g/mol. The van der Waals surface area contributed by atoms with Crippen molar-refractivity contribution in [3.05, 3.63) is 28.3 Å². The maximum Gasteiger partial charge on any atom is 0.339 e. The van der Waals surface area contributed by atoms with Gasteiger partial charge in [0.05, 0.1) is 7.11 Å². The number of ether oxygens (including phenoxy) is 1. The smallest absolute Gasteiger partial charge is 0.339 e. The van der Waals surface area contributed by atoms with E-state index in [-0.39, 0.29) is 5.63 Å². The molecule has 2 heterocycles. The van der Waals surface area contributed by atoms with Crippen LogP contribution in [-0.4, -0.2) is 7.11 Å². The number of hydrogen-bond donors (Lipinski definition) is 0. The summed E-state index contributed by atoms with van der Waals surface area (Å²) in [5, 5.41) is 0. The van der Waals surface area contributed by atoms with Crippen molar-refractivity contribution in [2.75, 3.05) is 7.11 Å². The van der Waals surface area contributed by atoms with Gasteiger partial charge in [0, 0.05) is 17.2 Å². The Bertz CT molecular complexity index is 451. The van der Waals surface area contributed by atoms with Crippen molar-refractivity contribution in [3.63, 3.8) is 0 Å². The Morgan fingerprint density at radius 3 is 2.92 bits per heavy atom. The van der Waals surface area contributed by atoms with Crippen molar-refractivity contribution >= 4 is 0 Å². The average Bonchev–Trinajstić information content (AvgIpc) is 2.43. The van der Waals surface area contributed by atoms with Gasteiger partial charge in [-0.3, -0.25) is 0 Å². The zero-order valence-corrected chi connectivity index (χ0v) is 7.29. The van der Waals surface area contributed by atoms with Crippen LogP contribution >= 0.6 is 0 Å². The lowest BCUT2D eigenvalue weighted by Crippen LogP contribution is -1.93. The summed E-state index contributed by atoms with van der Waals surface area (Å²) < 4.78 is 14.8. The molecule has 0 bridgehead atoms. The summed E-state index contributed by atoms with van der Waals surface area (Å²) in [6.07, 6.45) is 1.36. The molecule has 0 radical (unpaired) electrons. The number of hydrogen-bond acceptors (Lipinski definition) is 4. The van der Waals surface area contributed by atoms with Crippen molar-refractivity contribution in [1.82, 2.24) is 0 Å². The molecule has 0 N–H and O–H groups in total. The van der Waals surface area contributed by atoms with Gasteiger partial charge in [-0.25, -0.2) is 4.79 Å². The second-order valence-corrected chi connectivity index (χ2v) is 2.70. The molecule has 4 nitrogen and oxygen atoms in total. The summed E-state index contributed by atoms with van der Waals surface area (Å²) in [4.78, 5) is 11.1. The van der Waals surface area contributed by atoms with Crippen LogP contribution in [-0.2, 0) is 0 Å². The molecule has 68 valence electrons. The highest BCUT2D eigenvalue weighted by Crippen LogP contribution is 2.28. The predicted molar refractivity (Wildman–Crippen MR) is 45.2 cm³/mol. The fourth-order valence-electron chi connectivity index (χ4n) is 1.16. The highest BCUT2D eigenvalue weighted by molar-refractivity contribution is 5.62. The lowest BCUT2D eigenvalue weighted by atomic mass is 10.1. The predicted octanol–water partition coefficient (Wildman–Crippen LogP) is 1.65. The molecule has 4 heteroatoms. The van der Waals surface area contributed by atoms with E-state index < -0.39 is 0 Å². The molecule has 0 atom stereocenters. The van der Waals surface area contributed by atoms with Crippen molar-refractivity contribution in [2.24, 2.45) is 0 Å². The minimum absolute atomic E-state index is 0.335. The molecule has 0 aromatic heterocycles. The molecule has 0 saturated heterocycles. The van der Waals surface area contributed by atoms with Crippen LogP contribution in [0.5, 0.6) is 5.95 Å². The summed E-state index contributed by atoms with van der Waals surface area (Å²) in [5.41, 5.74) is 0.968. The van der Waals surface area contributed by atoms with Crippen molar-refractivity contribution in [3.8, 4) is 17.3 Å². The second-order valence-electron chi connectivity index (χ2n) is 2.70. The fourth-order valence-corrected chi connectivity index (χ4v) is 1.16. The quantitative estimate of drug-likeness (QED) is 0.669. The number of methoxy groups -OCH3 is 1. The Kier molecular flexibility index (Phi) is 1.62. The molecule has 2 rings (SSSR count). The van der Waals surface area contributed by atoms with E-state index in [0.717, 1.165) is 5.56 Å². The molecule has 0 fully saturated rings. The minimum atomic E-state index is -0.335. The number of fused-ring (bicyclic) bond motifs is 1. The van der Waals surface area contributed by atoms with Crippen molar-refractivity contribution < 1.29 is 13.6 Å². The van der Waals surface area contributed by atoms with E-state index in [4.69, 9.17) is 13.6 Å². The Morgan fingerprint density at radius 1 is 1.46 bits per heavy atom. The molecule has 0 aromatic rings. The average molecular weight is 180 g/mol. The van der Waals surface area contributed by atoms with Crippen LogP contribution < -0.4 is 10.4 Å². The van der Waals surface area contributed by atoms with E-state index in [1.165, 1.54) is 13.4 Å². The zero-order valence-electron chi connectivity index (χ0n) is 7.29.